The van der Waals surface area contributed by atoms with Crippen molar-refractivity contribution in [1.82, 2.24) is 4.98 Å². The van der Waals surface area contributed by atoms with E-state index in [1.54, 1.807) is 23.5 Å². The fourth-order valence-corrected chi connectivity index (χ4v) is 3.63. The second kappa shape index (κ2) is 8.34. The molecule has 106 valence electrons. The fraction of sp³-hybridized carbons (Fsp3) is 0.286. The zero-order valence-corrected chi connectivity index (χ0v) is 13.6. The first-order valence-electron chi connectivity index (χ1n) is 6.13. The van der Waals surface area contributed by atoms with Crippen molar-refractivity contribution in [3.63, 3.8) is 0 Å². The van der Waals surface area contributed by atoms with E-state index in [1.165, 1.54) is 16.9 Å². The van der Waals surface area contributed by atoms with Crippen LogP contribution in [0.1, 0.15) is 11.3 Å². The van der Waals surface area contributed by atoms with Gasteiger partial charge < -0.3 is 5.32 Å². The number of nitrogens with one attached hydrogen (secondary N) is 1. The standard InChI is InChI=1S/C14H16N2OS3/c1-18-8-12-9-20-14(15-12)16-13(17)10-19-7-11-5-3-2-4-6-11/h2-6,9H,7-8,10H2,1H3,(H,15,16,17). The zero-order valence-electron chi connectivity index (χ0n) is 11.2. The Morgan fingerprint density at radius 2 is 2.10 bits per heavy atom. The molecule has 0 saturated carbocycles. The molecule has 0 aliphatic heterocycles. The number of thioether (sulfide) groups is 2. The van der Waals surface area contributed by atoms with Gasteiger partial charge >= 0.3 is 0 Å². The molecule has 0 bridgehead atoms. The number of carbonyl (C=O) groups is 1. The van der Waals surface area contributed by atoms with Gasteiger partial charge in [0, 0.05) is 16.9 Å². The highest BCUT2D eigenvalue weighted by Gasteiger charge is 2.06. The quantitative estimate of drug-likeness (QED) is 0.839. The number of nitrogens with zero attached hydrogens (tertiary/aromatic N) is 1. The van der Waals surface area contributed by atoms with Crippen LogP contribution >= 0.6 is 34.9 Å². The highest BCUT2D eigenvalue weighted by Crippen LogP contribution is 2.19. The average molecular weight is 324 g/mol. The summed E-state index contributed by atoms with van der Waals surface area (Å²) >= 11 is 4.82. The Hall–Kier alpha value is -0.980. The van der Waals surface area contributed by atoms with E-state index >= 15 is 0 Å². The molecule has 1 aromatic carbocycles. The van der Waals surface area contributed by atoms with Gasteiger partial charge in [-0.3, -0.25) is 4.79 Å². The molecule has 20 heavy (non-hydrogen) atoms. The first kappa shape index (κ1) is 15.4. The van der Waals surface area contributed by atoms with Gasteiger partial charge in [-0.2, -0.15) is 11.8 Å². The largest absolute Gasteiger partial charge is 0.301 e. The van der Waals surface area contributed by atoms with E-state index in [0.29, 0.717) is 10.9 Å². The van der Waals surface area contributed by atoms with Crippen molar-refractivity contribution in [2.45, 2.75) is 11.5 Å². The maximum absolute atomic E-state index is 11.8. The number of aromatic nitrogens is 1. The molecule has 0 saturated heterocycles. The highest BCUT2D eigenvalue weighted by molar-refractivity contribution is 7.99. The monoisotopic (exact) mass is 324 g/mol. The van der Waals surface area contributed by atoms with Crippen molar-refractivity contribution in [2.75, 3.05) is 17.3 Å². The number of hydrogen-bond acceptors (Lipinski definition) is 5. The van der Waals surface area contributed by atoms with Gasteiger partial charge in [0.05, 0.1) is 11.4 Å². The van der Waals surface area contributed by atoms with Crippen molar-refractivity contribution < 1.29 is 4.79 Å². The molecule has 3 nitrogen and oxygen atoms in total. The lowest BCUT2D eigenvalue weighted by Gasteiger charge is -2.02. The Morgan fingerprint density at radius 3 is 2.85 bits per heavy atom. The summed E-state index contributed by atoms with van der Waals surface area (Å²) < 4.78 is 0. The van der Waals surface area contributed by atoms with Crippen LogP contribution in [0.5, 0.6) is 0 Å². The minimum atomic E-state index is 0.0102. The molecular formula is C14H16N2OS3. The third kappa shape index (κ3) is 5.19. The summed E-state index contributed by atoms with van der Waals surface area (Å²) in [7, 11) is 0. The molecular weight excluding hydrogens is 308 g/mol. The summed E-state index contributed by atoms with van der Waals surface area (Å²) in [5, 5.41) is 5.53. The van der Waals surface area contributed by atoms with E-state index < -0.39 is 0 Å². The number of amides is 1. The molecule has 0 aliphatic carbocycles. The van der Waals surface area contributed by atoms with Crippen molar-refractivity contribution in [1.29, 1.82) is 0 Å². The molecule has 0 aliphatic rings. The minimum absolute atomic E-state index is 0.0102. The van der Waals surface area contributed by atoms with E-state index in [1.807, 2.05) is 29.8 Å². The second-order valence-corrected chi connectivity index (χ2v) is 6.81. The van der Waals surface area contributed by atoms with Gasteiger partial charge in [-0.25, -0.2) is 4.98 Å². The SMILES string of the molecule is CSCc1csc(NC(=O)CSCc2ccccc2)n1. The lowest BCUT2D eigenvalue weighted by Crippen LogP contribution is -2.14. The number of hydrogen-bond donors (Lipinski definition) is 1. The van der Waals surface area contributed by atoms with Gasteiger partial charge in [-0.15, -0.1) is 23.1 Å². The zero-order chi connectivity index (χ0) is 14.2. The van der Waals surface area contributed by atoms with Gasteiger partial charge in [0.2, 0.25) is 5.91 Å². The Bertz CT molecular complexity index is 542. The first-order chi connectivity index (χ1) is 9.78. The van der Waals surface area contributed by atoms with Gasteiger partial charge in [-0.1, -0.05) is 30.3 Å². The Balaban J connectivity index is 1.72. The number of rotatable bonds is 7. The number of anilines is 1. The van der Waals surface area contributed by atoms with Gasteiger partial charge in [0.1, 0.15) is 0 Å². The van der Waals surface area contributed by atoms with Crippen molar-refractivity contribution >= 4 is 45.9 Å². The van der Waals surface area contributed by atoms with Crippen LogP contribution in [-0.4, -0.2) is 22.9 Å². The Labute approximate surface area is 131 Å². The maximum atomic E-state index is 11.8. The van der Waals surface area contributed by atoms with E-state index in [2.05, 4.69) is 22.4 Å². The van der Waals surface area contributed by atoms with Crippen LogP contribution in [0.3, 0.4) is 0 Å². The average Bonchev–Trinajstić information content (AvgIpc) is 2.88. The molecule has 1 aromatic heterocycles. The smallest absolute Gasteiger partial charge is 0.236 e. The summed E-state index contributed by atoms with van der Waals surface area (Å²) in [6.07, 6.45) is 2.04. The summed E-state index contributed by atoms with van der Waals surface area (Å²) in [4.78, 5) is 16.2. The molecule has 0 spiro atoms. The minimum Gasteiger partial charge on any atom is -0.301 e. The van der Waals surface area contributed by atoms with Gasteiger partial charge in [-0.05, 0) is 11.8 Å². The summed E-state index contributed by atoms with van der Waals surface area (Å²) in [5.41, 5.74) is 2.26. The predicted octanol–water partition coefficient (Wildman–Crippen LogP) is 3.88. The molecule has 2 aromatic rings. The van der Waals surface area contributed by atoms with E-state index in [0.717, 1.165) is 17.2 Å². The maximum Gasteiger partial charge on any atom is 0.236 e. The lowest BCUT2D eigenvalue weighted by atomic mass is 10.2. The van der Waals surface area contributed by atoms with Crippen molar-refractivity contribution in [3.8, 4) is 0 Å². The summed E-state index contributed by atoms with van der Waals surface area (Å²) in [6, 6.07) is 10.2. The van der Waals surface area contributed by atoms with Crippen LogP contribution in [0, 0.1) is 0 Å². The molecule has 1 amide bonds. The molecule has 2 rings (SSSR count). The molecule has 6 heteroatoms. The molecule has 0 fully saturated rings. The van der Waals surface area contributed by atoms with Gasteiger partial charge in [0.25, 0.3) is 0 Å². The van der Waals surface area contributed by atoms with Crippen LogP contribution in [0.2, 0.25) is 0 Å². The van der Waals surface area contributed by atoms with E-state index in [9.17, 15) is 4.79 Å². The first-order valence-corrected chi connectivity index (χ1v) is 9.55. The summed E-state index contributed by atoms with van der Waals surface area (Å²) in [6.45, 7) is 0. The van der Waals surface area contributed by atoms with Crippen LogP contribution in [0.25, 0.3) is 0 Å². The molecule has 0 radical (unpaired) electrons. The van der Waals surface area contributed by atoms with Crippen LogP contribution in [-0.2, 0) is 16.3 Å². The lowest BCUT2D eigenvalue weighted by molar-refractivity contribution is -0.113. The Morgan fingerprint density at radius 1 is 1.30 bits per heavy atom. The summed E-state index contributed by atoms with van der Waals surface area (Å²) in [5.74, 6) is 2.20. The van der Waals surface area contributed by atoms with E-state index in [4.69, 9.17) is 0 Å². The number of thiazole rings is 1. The topological polar surface area (TPSA) is 42.0 Å². The molecule has 0 atom stereocenters. The van der Waals surface area contributed by atoms with Crippen molar-refractivity contribution in [3.05, 3.63) is 47.0 Å². The van der Waals surface area contributed by atoms with Gasteiger partial charge in [0.15, 0.2) is 5.13 Å². The molecule has 1 heterocycles. The third-order valence-corrected chi connectivity index (χ3v) is 4.83. The number of carbonyl (C=O) groups excluding carboxylic acids is 1. The number of benzene rings is 1. The van der Waals surface area contributed by atoms with E-state index in [-0.39, 0.29) is 5.91 Å². The second-order valence-electron chi connectivity index (χ2n) is 4.10. The normalized spacial score (nSPS) is 10.4. The fourth-order valence-electron chi connectivity index (χ4n) is 1.57. The predicted molar refractivity (Wildman–Crippen MR) is 90.6 cm³/mol. The third-order valence-electron chi connectivity index (χ3n) is 2.44. The Kier molecular flexibility index (Phi) is 6.42. The van der Waals surface area contributed by atoms with Crippen LogP contribution in [0.15, 0.2) is 35.7 Å². The highest BCUT2D eigenvalue weighted by atomic mass is 32.2. The van der Waals surface area contributed by atoms with Crippen molar-refractivity contribution in [2.24, 2.45) is 0 Å². The van der Waals surface area contributed by atoms with Crippen LogP contribution < -0.4 is 5.32 Å². The van der Waals surface area contributed by atoms with Crippen LogP contribution in [0.4, 0.5) is 5.13 Å². The molecule has 0 unspecified atom stereocenters. The molecule has 1 N–H and O–H groups in total.